The van der Waals surface area contributed by atoms with Gasteiger partial charge in [-0.05, 0) is 36.6 Å². The highest BCUT2D eigenvalue weighted by Gasteiger charge is 2.04. The maximum absolute atomic E-state index is 9.62. The van der Waals surface area contributed by atoms with Gasteiger partial charge in [0.1, 0.15) is 5.75 Å². The number of azo groups is 1. The number of hydrogen-bond donors (Lipinski definition) is 1. The fraction of sp³-hybridized carbons (Fsp3) is 0.400. The van der Waals surface area contributed by atoms with Crippen molar-refractivity contribution < 1.29 is 5.11 Å². The topological polar surface area (TPSA) is 45.0 Å². The molecule has 0 aliphatic carbocycles. The van der Waals surface area contributed by atoms with Crippen molar-refractivity contribution in [2.24, 2.45) is 10.2 Å². The Labute approximate surface area is 78.1 Å². The summed E-state index contributed by atoms with van der Waals surface area (Å²) in [7, 11) is 1.63. The van der Waals surface area contributed by atoms with E-state index in [0.717, 1.165) is 23.2 Å². The Kier molecular flexibility index (Phi) is 3.01. The molecule has 0 fully saturated rings. The van der Waals surface area contributed by atoms with Crippen LogP contribution in [0.15, 0.2) is 22.4 Å². The predicted molar refractivity (Wildman–Crippen MR) is 52.7 cm³/mol. The smallest absolute Gasteiger partial charge is 0.121 e. The number of phenols is 1. The fourth-order valence-corrected chi connectivity index (χ4v) is 1.27. The first-order chi connectivity index (χ1) is 6.19. The highest BCUT2D eigenvalue weighted by Crippen LogP contribution is 2.28. The first-order valence-electron chi connectivity index (χ1n) is 4.31. The van der Waals surface area contributed by atoms with Gasteiger partial charge in [-0.1, -0.05) is 6.92 Å². The van der Waals surface area contributed by atoms with Crippen LogP contribution >= 0.6 is 0 Å². The second kappa shape index (κ2) is 4.03. The average Bonchev–Trinajstić information content (AvgIpc) is 2.11. The van der Waals surface area contributed by atoms with Gasteiger partial charge in [0, 0.05) is 7.05 Å². The van der Waals surface area contributed by atoms with Crippen LogP contribution in [-0.2, 0) is 6.42 Å². The Morgan fingerprint density at radius 3 is 2.62 bits per heavy atom. The molecule has 13 heavy (non-hydrogen) atoms. The lowest BCUT2D eigenvalue weighted by Crippen LogP contribution is -1.84. The van der Waals surface area contributed by atoms with E-state index < -0.39 is 0 Å². The van der Waals surface area contributed by atoms with Crippen molar-refractivity contribution in [3.05, 3.63) is 23.3 Å². The molecule has 0 amide bonds. The highest BCUT2D eigenvalue weighted by atomic mass is 16.3. The van der Waals surface area contributed by atoms with Crippen molar-refractivity contribution in [3.8, 4) is 5.75 Å². The molecule has 3 nitrogen and oxygen atoms in total. The second-order valence-corrected chi connectivity index (χ2v) is 2.92. The van der Waals surface area contributed by atoms with Crippen LogP contribution in [-0.4, -0.2) is 12.2 Å². The summed E-state index contributed by atoms with van der Waals surface area (Å²) in [4.78, 5) is 0. The maximum Gasteiger partial charge on any atom is 0.121 e. The maximum atomic E-state index is 9.62. The van der Waals surface area contributed by atoms with Gasteiger partial charge in [0.2, 0.25) is 0 Å². The van der Waals surface area contributed by atoms with Crippen LogP contribution in [0.25, 0.3) is 0 Å². The summed E-state index contributed by atoms with van der Waals surface area (Å²) in [6.07, 6.45) is 0.805. The highest BCUT2D eigenvalue weighted by molar-refractivity contribution is 5.51. The summed E-state index contributed by atoms with van der Waals surface area (Å²) < 4.78 is 0. The SMILES string of the molecule is CCc1cc(/N=N/C)cc(C)c1O. The molecule has 1 aromatic rings. The number of phenolic OH excluding ortho intramolecular Hbond substituents is 1. The molecule has 1 N–H and O–H groups in total. The standard InChI is InChI=1S/C10H14N2O/c1-4-8-6-9(12-11-3)5-7(2)10(8)13/h5-6,13H,4H2,1-3H3/b12-11+. The lowest BCUT2D eigenvalue weighted by Gasteiger charge is -2.05. The van der Waals surface area contributed by atoms with Crippen LogP contribution in [0.2, 0.25) is 0 Å². The summed E-state index contributed by atoms with van der Waals surface area (Å²) >= 11 is 0. The van der Waals surface area contributed by atoms with Gasteiger partial charge in [-0.2, -0.15) is 10.2 Å². The monoisotopic (exact) mass is 178 g/mol. The quantitative estimate of drug-likeness (QED) is 0.695. The van der Waals surface area contributed by atoms with E-state index in [0.29, 0.717) is 5.75 Å². The van der Waals surface area contributed by atoms with Gasteiger partial charge in [0.05, 0.1) is 5.69 Å². The first kappa shape index (κ1) is 9.71. The number of hydrogen-bond acceptors (Lipinski definition) is 3. The number of benzene rings is 1. The molecule has 0 spiro atoms. The summed E-state index contributed by atoms with van der Waals surface area (Å²) in [6, 6.07) is 3.68. The van der Waals surface area contributed by atoms with Crippen molar-refractivity contribution in [3.63, 3.8) is 0 Å². The molecule has 0 aromatic heterocycles. The van der Waals surface area contributed by atoms with E-state index in [-0.39, 0.29) is 0 Å². The van der Waals surface area contributed by atoms with Crippen LogP contribution in [0.4, 0.5) is 5.69 Å². The van der Waals surface area contributed by atoms with Crippen LogP contribution in [0.5, 0.6) is 5.75 Å². The van der Waals surface area contributed by atoms with Crippen molar-refractivity contribution in [1.82, 2.24) is 0 Å². The molecule has 3 heteroatoms. The van der Waals surface area contributed by atoms with Gasteiger partial charge in [0.25, 0.3) is 0 Å². The van der Waals surface area contributed by atoms with Gasteiger partial charge < -0.3 is 5.11 Å². The summed E-state index contributed by atoms with van der Waals surface area (Å²) in [6.45, 7) is 3.87. The van der Waals surface area contributed by atoms with Gasteiger partial charge >= 0.3 is 0 Å². The minimum Gasteiger partial charge on any atom is -0.507 e. The third kappa shape index (κ3) is 2.05. The number of aryl methyl sites for hydroxylation is 2. The van der Waals surface area contributed by atoms with Gasteiger partial charge in [-0.15, -0.1) is 0 Å². The molecule has 0 aliphatic rings. The largest absolute Gasteiger partial charge is 0.507 e. The van der Waals surface area contributed by atoms with Crippen LogP contribution < -0.4 is 0 Å². The lowest BCUT2D eigenvalue weighted by atomic mass is 10.1. The van der Waals surface area contributed by atoms with E-state index in [1.54, 1.807) is 7.05 Å². The number of nitrogens with zero attached hydrogens (tertiary/aromatic N) is 2. The number of rotatable bonds is 2. The third-order valence-corrected chi connectivity index (χ3v) is 1.96. The van der Waals surface area contributed by atoms with E-state index in [9.17, 15) is 5.11 Å². The fourth-order valence-electron chi connectivity index (χ4n) is 1.27. The Morgan fingerprint density at radius 2 is 2.08 bits per heavy atom. The van der Waals surface area contributed by atoms with E-state index in [4.69, 9.17) is 0 Å². The molecule has 0 aliphatic heterocycles. The Hall–Kier alpha value is -1.38. The van der Waals surface area contributed by atoms with E-state index in [1.165, 1.54) is 0 Å². The van der Waals surface area contributed by atoms with Crippen LogP contribution in [0, 0.1) is 6.92 Å². The van der Waals surface area contributed by atoms with E-state index >= 15 is 0 Å². The molecule has 0 saturated heterocycles. The van der Waals surface area contributed by atoms with Crippen molar-refractivity contribution in [1.29, 1.82) is 0 Å². The Bertz CT molecular complexity index is 332. The summed E-state index contributed by atoms with van der Waals surface area (Å²) in [5, 5.41) is 17.2. The zero-order valence-corrected chi connectivity index (χ0v) is 8.20. The van der Waals surface area contributed by atoms with E-state index in [2.05, 4.69) is 10.2 Å². The Morgan fingerprint density at radius 1 is 1.38 bits per heavy atom. The summed E-state index contributed by atoms with van der Waals surface area (Å²) in [5.41, 5.74) is 2.57. The molecule has 0 unspecified atom stereocenters. The van der Waals surface area contributed by atoms with Crippen LogP contribution in [0.3, 0.4) is 0 Å². The third-order valence-electron chi connectivity index (χ3n) is 1.96. The predicted octanol–water partition coefficient (Wildman–Crippen LogP) is 2.98. The van der Waals surface area contributed by atoms with Gasteiger partial charge in [0.15, 0.2) is 0 Å². The molecule has 0 radical (unpaired) electrons. The lowest BCUT2D eigenvalue weighted by molar-refractivity contribution is 0.464. The molecule has 70 valence electrons. The molecule has 0 atom stereocenters. The Balaban J connectivity index is 3.21. The average molecular weight is 178 g/mol. The second-order valence-electron chi connectivity index (χ2n) is 2.92. The molecular formula is C10H14N2O. The van der Waals surface area contributed by atoms with E-state index in [1.807, 2.05) is 26.0 Å². The zero-order valence-electron chi connectivity index (χ0n) is 8.20. The molecule has 1 rings (SSSR count). The minimum absolute atomic E-state index is 0.373. The van der Waals surface area contributed by atoms with Crippen molar-refractivity contribution in [2.45, 2.75) is 20.3 Å². The molecule has 1 aromatic carbocycles. The van der Waals surface area contributed by atoms with Crippen molar-refractivity contribution in [2.75, 3.05) is 7.05 Å². The first-order valence-corrected chi connectivity index (χ1v) is 4.31. The van der Waals surface area contributed by atoms with Gasteiger partial charge in [-0.3, -0.25) is 0 Å². The molecular weight excluding hydrogens is 164 g/mol. The van der Waals surface area contributed by atoms with Gasteiger partial charge in [-0.25, -0.2) is 0 Å². The zero-order chi connectivity index (χ0) is 9.84. The molecule has 0 saturated carbocycles. The molecule has 0 heterocycles. The van der Waals surface area contributed by atoms with Crippen molar-refractivity contribution >= 4 is 5.69 Å². The number of aromatic hydroxyl groups is 1. The minimum atomic E-state index is 0.373. The normalized spacial score (nSPS) is 11.0. The summed E-state index contributed by atoms with van der Waals surface area (Å²) in [5.74, 6) is 0.373. The van der Waals surface area contributed by atoms with Crippen LogP contribution in [0.1, 0.15) is 18.1 Å². The molecule has 0 bridgehead atoms.